The van der Waals surface area contributed by atoms with Crippen molar-refractivity contribution in [3.8, 4) is 0 Å². The second-order valence-electron chi connectivity index (χ2n) is 9.98. The van der Waals surface area contributed by atoms with Gasteiger partial charge < -0.3 is 10.2 Å². The van der Waals surface area contributed by atoms with Gasteiger partial charge in [0, 0.05) is 35.7 Å². The first kappa shape index (κ1) is 27.0. The summed E-state index contributed by atoms with van der Waals surface area (Å²) in [4.78, 5) is 51.2. The Balaban J connectivity index is 1.52. The van der Waals surface area contributed by atoms with E-state index < -0.39 is 23.2 Å². The lowest BCUT2D eigenvalue weighted by Gasteiger charge is -2.39. The molecule has 1 fully saturated rings. The molecule has 4 rings (SSSR count). The van der Waals surface area contributed by atoms with Crippen molar-refractivity contribution in [3.05, 3.63) is 45.5 Å². The third kappa shape index (κ3) is 4.39. The number of piperidine rings is 1. The maximum absolute atomic E-state index is 15.3. The lowest BCUT2D eigenvalue weighted by molar-refractivity contribution is -0.147. The Bertz CT molecular complexity index is 1360. The summed E-state index contributed by atoms with van der Waals surface area (Å²) in [6.45, 7) is -0.0439. The molecule has 37 heavy (non-hydrogen) atoms. The van der Waals surface area contributed by atoms with Crippen molar-refractivity contribution in [1.82, 2.24) is 15.5 Å². The van der Waals surface area contributed by atoms with Crippen molar-refractivity contribution in [2.24, 2.45) is 0 Å². The lowest BCUT2D eigenvalue weighted by atomic mass is 9.66. The van der Waals surface area contributed by atoms with Gasteiger partial charge in [0.2, 0.25) is 11.8 Å². The Hall–Kier alpha value is -3.01. The molecule has 1 saturated heterocycles. The van der Waals surface area contributed by atoms with E-state index in [2.05, 4.69) is 10.6 Å². The molecular formula is C22H23B5ClF2N3O4. The normalized spacial score (nSPS) is 19.5. The van der Waals surface area contributed by atoms with Crippen LogP contribution in [0.4, 0.5) is 8.78 Å². The Morgan fingerprint density at radius 2 is 1.73 bits per heavy atom. The van der Waals surface area contributed by atoms with E-state index in [0.717, 1.165) is 0 Å². The number of nitrogens with zero attached hydrogens (tertiary/aromatic N) is 1. The van der Waals surface area contributed by atoms with Crippen molar-refractivity contribution in [1.29, 1.82) is 0 Å². The minimum atomic E-state index is -3.78. The summed E-state index contributed by atoms with van der Waals surface area (Å²) in [5, 5.41) is 5.01. The summed E-state index contributed by atoms with van der Waals surface area (Å²) in [6, 6.07) is 4.80. The van der Waals surface area contributed by atoms with E-state index in [1.165, 1.54) is 20.6 Å². The zero-order valence-corrected chi connectivity index (χ0v) is 22.0. The summed E-state index contributed by atoms with van der Waals surface area (Å²) in [5.74, 6) is -6.47. The third-order valence-electron chi connectivity index (χ3n) is 7.74. The molecular weight excluding hydrogens is 498 g/mol. The second kappa shape index (κ2) is 9.38. The monoisotopic (exact) mass is 521 g/mol. The highest BCUT2D eigenvalue weighted by molar-refractivity contribution is 6.64. The topological polar surface area (TPSA) is 95.6 Å². The Labute approximate surface area is 222 Å². The highest BCUT2D eigenvalue weighted by Crippen LogP contribution is 2.33. The van der Waals surface area contributed by atoms with Gasteiger partial charge in [-0.05, 0) is 23.6 Å². The molecule has 4 amide bonds. The molecule has 7 nitrogen and oxygen atoms in total. The molecule has 0 spiro atoms. The molecule has 186 valence electrons. The number of fused-ring (bicyclic) bond motifs is 1. The van der Waals surface area contributed by atoms with E-state index in [-0.39, 0.29) is 54.2 Å². The van der Waals surface area contributed by atoms with E-state index in [0.29, 0.717) is 32.6 Å². The number of hydrogen-bond acceptors (Lipinski definition) is 4. The van der Waals surface area contributed by atoms with Gasteiger partial charge in [-0.1, -0.05) is 45.6 Å². The first-order valence-corrected chi connectivity index (χ1v) is 12.3. The average molecular weight is 521 g/mol. The molecule has 2 N–H and O–H groups in total. The van der Waals surface area contributed by atoms with Gasteiger partial charge in [0.15, 0.2) is 0 Å². The van der Waals surface area contributed by atoms with Crippen molar-refractivity contribution in [3.63, 3.8) is 0 Å². The zero-order chi connectivity index (χ0) is 27.4. The van der Waals surface area contributed by atoms with Crippen LogP contribution in [-0.2, 0) is 33.4 Å². The van der Waals surface area contributed by atoms with E-state index >= 15 is 8.78 Å². The first-order chi connectivity index (χ1) is 17.2. The number of rotatable bonds is 5. The molecule has 1 unspecified atom stereocenters. The van der Waals surface area contributed by atoms with Gasteiger partial charge in [-0.15, -0.1) is 0 Å². The van der Waals surface area contributed by atoms with Gasteiger partial charge in [0.1, 0.15) is 39.2 Å². The van der Waals surface area contributed by atoms with Crippen molar-refractivity contribution < 1.29 is 28.0 Å². The van der Waals surface area contributed by atoms with E-state index in [1.807, 2.05) is 0 Å². The number of alkyl halides is 2. The molecule has 0 saturated carbocycles. The van der Waals surface area contributed by atoms with Crippen LogP contribution in [0.25, 0.3) is 0 Å². The predicted octanol–water partition coefficient (Wildman–Crippen LogP) is -5.50. The Morgan fingerprint density at radius 1 is 1.11 bits per heavy atom. The van der Waals surface area contributed by atoms with Crippen molar-refractivity contribution in [2.45, 2.75) is 37.3 Å². The van der Waals surface area contributed by atoms with Gasteiger partial charge in [-0.2, -0.15) is 8.78 Å². The fourth-order valence-electron chi connectivity index (χ4n) is 5.08. The molecule has 0 aliphatic carbocycles. The van der Waals surface area contributed by atoms with Gasteiger partial charge in [-0.3, -0.25) is 24.5 Å². The number of halogens is 3. The number of amides is 4. The summed E-state index contributed by atoms with van der Waals surface area (Å²) in [7, 11) is 7.96. The molecule has 0 bridgehead atoms. The maximum atomic E-state index is 15.3. The Kier molecular flexibility index (Phi) is 6.86. The fraction of sp³-hybridized carbons (Fsp3) is 0.273. The highest BCUT2D eigenvalue weighted by Gasteiger charge is 2.48. The van der Waals surface area contributed by atoms with Crippen LogP contribution < -0.4 is 32.5 Å². The van der Waals surface area contributed by atoms with Crippen LogP contribution in [0, 0.1) is 0 Å². The van der Waals surface area contributed by atoms with E-state index in [1.54, 1.807) is 41.7 Å². The highest BCUT2D eigenvalue weighted by atomic mass is 35.5. The molecule has 2 aromatic carbocycles. The predicted molar refractivity (Wildman–Crippen MR) is 150 cm³/mol. The summed E-state index contributed by atoms with van der Waals surface area (Å²) < 4.78 is 30.7. The van der Waals surface area contributed by atoms with Crippen LogP contribution in [0.2, 0.25) is 5.02 Å². The molecule has 2 aliphatic rings. The third-order valence-corrected chi connectivity index (χ3v) is 8.30. The van der Waals surface area contributed by atoms with Gasteiger partial charge in [0.25, 0.3) is 11.8 Å². The lowest BCUT2D eigenvalue weighted by Crippen LogP contribution is -2.63. The molecule has 2 aliphatic heterocycles. The van der Waals surface area contributed by atoms with Crippen LogP contribution >= 0.6 is 11.6 Å². The molecule has 2 heterocycles. The minimum absolute atomic E-state index is 0.124. The summed E-state index contributed by atoms with van der Waals surface area (Å²) >= 11 is 6.26. The zero-order valence-electron chi connectivity index (χ0n) is 21.3. The second-order valence-corrected chi connectivity index (χ2v) is 10.4. The van der Waals surface area contributed by atoms with Gasteiger partial charge >= 0.3 is 5.92 Å². The van der Waals surface area contributed by atoms with Crippen LogP contribution in [0.3, 0.4) is 0 Å². The molecule has 0 aromatic heterocycles. The summed E-state index contributed by atoms with van der Waals surface area (Å²) in [5.41, 5.74) is 1.56. The number of imide groups is 1. The number of nitrogens with one attached hydrogen (secondary N) is 2. The number of carbonyl (C=O) groups excluding carboxylic acids is 4. The average Bonchev–Trinajstić information content (AvgIpc) is 3.18. The molecule has 2 aromatic rings. The van der Waals surface area contributed by atoms with Crippen LogP contribution in [-0.4, -0.2) is 73.2 Å². The van der Waals surface area contributed by atoms with E-state index in [4.69, 9.17) is 11.6 Å². The standard InChI is InChI=1S/C22H23B5ClF2N3O4/c23-13-12(14(24)16(26)17(28)15(13)25)22(29,30)20(37)31-6-8-1-2-10-9(5-8)7-33(18(10)35)21(27)4-3-11(34)32-19(21)36/h1-2,5H,3-4,6-7,23-27H2,(H,31,37)(H,32,34,36). The van der Waals surface area contributed by atoms with Crippen molar-refractivity contribution >= 4 is 96.3 Å². The maximum Gasteiger partial charge on any atom is 0.348 e. The SMILES string of the molecule is Bc1c(B)c(C(F)(F)C(=O)NCc2ccc3c(c2)CN(C2(B)CCC(=O)NC2=O)C3=O)c(B)c(B)c1Cl. The van der Waals surface area contributed by atoms with Crippen LogP contribution in [0.1, 0.15) is 39.9 Å². The fourth-order valence-corrected chi connectivity index (χ4v) is 5.36. The van der Waals surface area contributed by atoms with Gasteiger partial charge in [-0.25, -0.2) is 0 Å². The van der Waals surface area contributed by atoms with Crippen LogP contribution in [0.5, 0.6) is 0 Å². The van der Waals surface area contributed by atoms with Crippen LogP contribution in [0.15, 0.2) is 18.2 Å². The quantitative estimate of drug-likeness (QED) is 0.304. The summed E-state index contributed by atoms with van der Waals surface area (Å²) in [6.07, 6.45) is 0.331. The van der Waals surface area contributed by atoms with Crippen molar-refractivity contribution in [2.75, 3.05) is 0 Å². The molecule has 1 atom stereocenters. The van der Waals surface area contributed by atoms with Gasteiger partial charge in [0.05, 0.1) is 5.44 Å². The first-order valence-electron chi connectivity index (χ1n) is 11.9. The number of carbonyl (C=O) groups is 4. The molecule has 0 radical (unpaired) electrons. The molecule has 15 heteroatoms. The number of hydrogen-bond donors (Lipinski definition) is 2. The smallest absolute Gasteiger partial charge is 0.346 e. The van der Waals surface area contributed by atoms with E-state index in [9.17, 15) is 19.2 Å². The largest absolute Gasteiger partial charge is 0.348 e. The Morgan fingerprint density at radius 3 is 2.32 bits per heavy atom. The number of benzene rings is 2. The minimum Gasteiger partial charge on any atom is -0.346 e.